The predicted molar refractivity (Wildman–Crippen MR) is 78.8 cm³/mol. The molecule has 2 N–H and O–H groups in total. The van der Waals surface area contributed by atoms with Gasteiger partial charge in [0.15, 0.2) is 0 Å². The fourth-order valence-electron chi connectivity index (χ4n) is 1.66. The Bertz CT molecular complexity index is 201. The zero-order valence-electron chi connectivity index (χ0n) is 10.3. The Labute approximate surface area is 115 Å². The van der Waals surface area contributed by atoms with Crippen LogP contribution in [0.5, 0.6) is 0 Å². The lowest BCUT2D eigenvalue weighted by Crippen LogP contribution is -2.17. The van der Waals surface area contributed by atoms with E-state index < -0.39 is 5.97 Å². The molecule has 0 aromatic carbocycles. The van der Waals surface area contributed by atoms with Crippen LogP contribution in [0.15, 0.2) is 0 Å². The number of aliphatic carboxylic acids is 1. The van der Waals surface area contributed by atoms with E-state index in [0.29, 0.717) is 10.7 Å². The molecule has 0 radical (unpaired) electrons. The SMILES string of the molecule is O=C(O)CCCCCCCCCCNC(=S)S. The highest BCUT2D eigenvalue weighted by Crippen LogP contribution is 2.09. The molecule has 0 heterocycles. The van der Waals surface area contributed by atoms with Crippen LogP contribution < -0.4 is 5.32 Å². The van der Waals surface area contributed by atoms with Gasteiger partial charge in [-0.15, -0.1) is 12.6 Å². The molecule has 0 bridgehead atoms. The van der Waals surface area contributed by atoms with Crippen LogP contribution in [0.4, 0.5) is 0 Å². The van der Waals surface area contributed by atoms with Gasteiger partial charge in [0, 0.05) is 13.0 Å². The Balaban J connectivity index is 2.98. The summed E-state index contributed by atoms with van der Waals surface area (Å²) in [7, 11) is 0. The van der Waals surface area contributed by atoms with Crippen molar-refractivity contribution in [2.45, 2.75) is 57.8 Å². The smallest absolute Gasteiger partial charge is 0.303 e. The lowest BCUT2D eigenvalue weighted by molar-refractivity contribution is -0.137. The number of thiocarbonyl (C=S) groups is 1. The molecular weight excluding hydrogens is 254 g/mol. The van der Waals surface area contributed by atoms with Crippen molar-refractivity contribution in [3.63, 3.8) is 0 Å². The molecule has 0 aromatic rings. The molecule has 0 amide bonds. The highest BCUT2D eigenvalue weighted by molar-refractivity contribution is 8.11. The lowest BCUT2D eigenvalue weighted by atomic mass is 10.1. The van der Waals surface area contributed by atoms with Crippen LogP contribution in [0.2, 0.25) is 0 Å². The van der Waals surface area contributed by atoms with E-state index in [9.17, 15) is 4.79 Å². The largest absolute Gasteiger partial charge is 0.481 e. The van der Waals surface area contributed by atoms with Gasteiger partial charge in [-0.25, -0.2) is 0 Å². The number of hydrogen-bond acceptors (Lipinski definition) is 2. The van der Waals surface area contributed by atoms with Gasteiger partial charge in [0.1, 0.15) is 4.32 Å². The van der Waals surface area contributed by atoms with Crippen molar-refractivity contribution in [3.05, 3.63) is 0 Å². The summed E-state index contributed by atoms with van der Waals surface area (Å²) in [4.78, 5) is 10.3. The molecule has 0 aliphatic heterocycles. The van der Waals surface area contributed by atoms with Gasteiger partial charge in [-0.2, -0.15) is 0 Å². The zero-order valence-corrected chi connectivity index (χ0v) is 12.0. The standard InChI is InChI=1S/C12H23NO2S2/c14-11(15)9-7-5-3-1-2-4-6-8-10-13-12(16)17/h1-10H2,(H,14,15)(H2,13,16,17). The molecule has 3 nitrogen and oxygen atoms in total. The molecule has 0 spiro atoms. The first-order valence-electron chi connectivity index (χ1n) is 6.31. The maximum Gasteiger partial charge on any atom is 0.303 e. The molecular formula is C12H23NO2S2. The molecule has 0 saturated carbocycles. The van der Waals surface area contributed by atoms with Crippen LogP contribution in [-0.2, 0) is 4.79 Å². The summed E-state index contributed by atoms with van der Waals surface area (Å²) in [6.07, 6.45) is 9.41. The monoisotopic (exact) mass is 277 g/mol. The van der Waals surface area contributed by atoms with Gasteiger partial charge in [-0.3, -0.25) is 4.79 Å². The lowest BCUT2D eigenvalue weighted by Gasteiger charge is -2.03. The number of rotatable bonds is 11. The fourth-order valence-corrected chi connectivity index (χ4v) is 1.87. The molecule has 0 rings (SSSR count). The van der Waals surface area contributed by atoms with Crippen molar-refractivity contribution in [1.29, 1.82) is 0 Å². The van der Waals surface area contributed by atoms with Crippen molar-refractivity contribution in [2.24, 2.45) is 0 Å². The van der Waals surface area contributed by atoms with Gasteiger partial charge in [0.05, 0.1) is 0 Å². The summed E-state index contributed by atoms with van der Waals surface area (Å²) in [5, 5.41) is 11.5. The Morgan fingerprint density at radius 2 is 1.47 bits per heavy atom. The second-order valence-electron chi connectivity index (χ2n) is 4.20. The first-order chi connectivity index (χ1) is 8.13. The Morgan fingerprint density at radius 1 is 1.00 bits per heavy atom. The number of unbranched alkanes of at least 4 members (excludes halogenated alkanes) is 7. The average molecular weight is 277 g/mol. The predicted octanol–water partition coefficient (Wildman–Crippen LogP) is 3.39. The molecule has 0 fully saturated rings. The third-order valence-corrected chi connectivity index (χ3v) is 2.90. The van der Waals surface area contributed by atoms with Crippen LogP contribution in [0.1, 0.15) is 57.8 Å². The van der Waals surface area contributed by atoms with Gasteiger partial charge in [-0.1, -0.05) is 50.7 Å². The molecule has 100 valence electrons. The van der Waals surface area contributed by atoms with E-state index >= 15 is 0 Å². The van der Waals surface area contributed by atoms with Crippen molar-refractivity contribution in [3.8, 4) is 0 Å². The molecule has 0 atom stereocenters. The number of nitrogens with one attached hydrogen (secondary N) is 1. The van der Waals surface area contributed by atoms with Gasteiger partial charge < -0.3 is 10.4 Å². The second-order valence-corrected chi connectivity index (χ2v) is 5.36. The Hall–Kier alpha value is -0.290. The second kappa shape index (κ2) is 12.2. The highest BCUT2D eigenvalue weighted by Gasteiger charge is 1.96. The molecule has 5 heteroatoms. The molecule has 0 aliphatic rings. The minimum atomic E-state index is -0.681. The summed E-state index contributed by atoms with van der Waals surface area (Å²) in [6, 6.07) is 0. The Kier molecular flexibility index (Phi) is 12.0. The van der Waals surface area contributed by atoms with Crippen molar-refractivity contribution < 1.29 is 9.90 Å². The van der Waals surface area contributed by atoms with Crippen LogP contribution in [0.25, 0.3) is 0 Å². The first kappa shape index (κ1) is 16.7. The average Bonchev–Trinajstić information content (AvgIpc) is 2.25. The highest BCUT2D eigenvalue weighted by atomic mass is 32.1. The minimum Gasteiger partial charge on any atom is -0.481 e. The maximum atomic E-state index is 10.3. The van der Waals surface area contributed by atoms with Crippen LogP contribution in [0, 0.1) is 0 Å². The third-order valence-electron chi connectivity index (χ3n) is 2.59. The van der Waals surface area contributed by atoms with Crippen molar-refractivity contribution in [1.82, 2.24) is 5.32 Å². The first-order valence-corrected chi connectivity index (χ1v) is 7.17. The van der Waals surface area contributed by atoms with E-state index in [-0.39, 0.29) is 0 Å². The van der Waals surface area contributed by atoms with E-state index in [1.807, 2.05) is 0 Å². The summed E-state index contributed by atoms with van der Waals surface area (Å²) in [5.41, 5.74) is 0. The third kappa shape index (κ3) is 15.7. The van der Waals surface area contributed by atoms with Crippen LogP contribution >= 0.6 is 24.8 Å². The molecule has 0 aliphatic carbocycles. The number of carboxylic acids is 1. The van der Waals surface area contributed by atoms with E-state index in [1.54, 1.807) is 0 Å². The van der Waals surface area contributed by atoms with Crippen LogP contribution in [0.3, 0.4) is 0 Å². The number of carboxylic acid groups (broad SMARTS) is 1. The normalized spacial score (nSPS) is 10.2. The molecule has 0 saturated heterocycles. The maximum absolute atomic E-state index is 10.3. The zero-order chi connectivity index (χ0) is 12.9. The van der Waals surface area contributed by atoms with Gasteiger partial charge in [0.2, 0.25) is 0 Å². The molecule has 0 aromatic heterocycles. The van der Waals surface area contributed by atoms with Crippen LogP contribution in [-0.4, -0.2) is 21.9 Å². The Morgan fingerprint density at radius 3 is 1.94 bits per heavy atom. The summed E-state index contributed by atoms with van der Waals surface area (Å²) >= 11 is 8.77. The van der Waals surface area contributed by atoms with Gasteiger partial charge >= 0.3 is 5.97 Å². The van der Waals surface area contributed by atoms with E-state index in [0.717, 1.165) is 32.2 Å². The molecule has 17 heavy (non-hydrogen) atoms. The van der Waals surface area contributed by atoms with E-state index in [4.69, 9.17) is 17.3 Å². The van der Waals surface area contributed by atoms with Gasteiger partial charge in [0.25, 0.3) is 0 Å². The number of thiol groups is 1. The van der Waals surface area contributed by atoms with Crippen molar-refractivity contribution in [2.75, 3.05) is 6.54 Å². The summed E-state index contributed by atoms with van der Waals surface area (Å²) < 4.78 is 0.573. The van der Waals surface area contributed by atoms with E-state index in [1.165, 1.54) is 25.7 Å². The fraction of sp³-hybridized carbons (Fsp3) is 0.833. The van der Waals surface area contributed by atoms with Crippen molar-refractivity contribution >= 4 is 35.1 Å². The number of hydrogen-bond donors (Lipinski definition) is 3. The quantitative estimate of drug-likeness (QED) is 0.308. The molecule has 0 unspecified atom stereocenters. The number of carbonyl (C=O) groups is 1. The summed E-state index contributed by atoms with van der Waals surface area (Å²) in [5.74, 6) is -0.681. The van der Waals surface area contributed by atoms with Gasteiger partial charge in [-0.05, 0) is 12.8 Å². The minimum absolute atomic E-state index is 0.315. The van der Waals surface area contributed by atoms with E-state index in [2.05, 4.69) is 17.9 Å². The topological polar surface area (TPSA) is 49.3 Å². The summed E-state index contributed by atoms with van der Waals surface area (Å²) in [6.45, 7) is 0.918.